The van der Waals surface area contributed by atoms with Crippen LogP contribution in [0.1, 0.15) is 6.92 Å². The third-order valence-corrected chi connectivity index (χ3v) is 1.42. The topological polar surface area (TPSA) is 98.9 Å². The smallest absolute Gasteiger partial charge is 0.318 e. The first-order valence-electron chi connectivity index (χ1n) is 3.85. The average Bonchev–Trinajstić information content (AvgIpc) is 2.16. The van der Waals surface area contributed by atoms with Crippen LogP contribution >= 0.6 is 0 Å². The number of nitrogens with zero attached hydrogens (tertiary/aromatic N) is 2. The highest BCUT2D eigenvalue weighted by Gasteiger charge is 2.23. The second-order valence-electron chi connectivity index (χ2n) is 2.58. The van der Waals surface area contributed by atoms with E-state index >= 15 is 0 Å². The van der Waals surface area contributed by atoms with Crippen LogP contribution in [0, 0.1) is 10.1 Å². The monoisotopic (exact) mass is 210 g/mol. The van der Waals surface area contributed by atoms with Gasteiger partial charge in [0.25, 0.3) is 5.78 Å². The molecule has 0 N–H and O–H groups in total. The molecular formula is C8H6N2O5. The molecule has 0 fully saturated rings. The van der Waals surface area contributed by atoms with Crippen LogP contribution in [0.25, 0.3) is 0 Å². The molecule has 78 valence electrons. The lowest BCUT2D eigenvalue weighted by molar-refractivity contribution is -0.418. The molecule has 15 heavy (non-hydrogen) atoms. The van der Waals surface area contributed by atoms with Crippen molar-refractivity contribution in [2.45, 2.75) is 6.92 Å². The highest BCUT2D eigenvalue weighted by Crippen LogP contribution is 2.06. The van der Waals surface area contributed by atoms with Gasteiger partial charge in [-0.05, 0) is 12.2 Å². The molecule has 1 rings (SSSR count). The van der Waals surface area contributed by atoms with Crippen LogP contribution in [-0.2, 0) is 14.4 Å². The van der Waals surface area contributed by atoms with E-state index in [4.69, 9.17) is 0 Å². The molecule has 0 amide bonds. The summed E-state index contributed by atoms with van der Waals surface area (Å²) in [6.07, 6.45) is 3.14. The van der Waals surface area contributed by atoms with Crippen molar-refractivity contribution in [3.63, 3.8) is 0 Å². The summed E-state index contributed by atoms with van der Waals surface area (Å²) in [5, 5.41) is 13.7. The van der Waals surface area contributed by atoms with Gasteiger partial charge in [0.2, 0.25) is 0 Å². The molecule has 0 unspecified atom stereocenters. The fraction of sp³-hybridized carbons (Fsp3) is 0.125. The van der Waals surface area contributed by atoms with Crippen molar-refractivity contribution < 1.29 is 19.3 Å². The standard InChI is InChI=1S/C8H6N2O5/c1-5(11)15-9-6-2-3-8(12)7(4-6)10(13)14/h2-4H,1H3/b9-6+. The van der Waals surface area contributed by atoms with Crippen molar-refractivity contribution in [1.82, 2.24) is 0 Å². The Bertz CT molecular complexity index is 419. The second kappa shape index (κ2) is 4.27. The Balaban J connectivity index is 2.91. The molecule has 1 aliphatic carbocycles. The minimum absolute atomic E-state index is 0.0384. The van der Waals surface area contributed by atoms with E-state index in [2.05, 4.69) is 9.99 Å². The predicted octanol–water partition coefficient (Wildman–Crippen LogP) is 0.205. The molecule has 0 saturated carbocycles. The molecule has 7 nitrogen and oxygen atoms in total. The molecule has 0 atom stereocenters. The van der Waals surface area contributed by atoms with Crippen molar-refractivity contribution in [2.75, 3.05) is 0 Å². The van der Waals surface area contributed by atoms with Crippen LogP contribution < -0.4 is 0 Å². The van der Waals surface area contributed by atoms with Crippen LogP contribution in [0.2, 0.25) is 0 Å². The number of carbonyl (C=O) groups is 2. The van der Waals surface area contributed by atoms with Crippen LogP contribution in [0.4, 0.5) is 0 Å². The van der Waals surface area contributed by atoms with E-state index in [1.807, 2.05) is 0 Å². The zero-order valence-corrected chi connectivity index (χ0v) is 7.67. The number of hydrogen-bond donors (Lipinski definition) is 0. The number of nitro groups is 1. The number of hydrogen-bond acceptors (Lipinski definition) is 6. The van der Waals surface area contributed by atoms with E-state index in [1.54, 1.807) is 0 Å². The fourth-order valence-electron chi connectivity index (χ4n) is 0.822. The summed E-state index contributed by atoms with van der Waals surface area (Å²) in [7, 11) is 0. The van der Waals surface area contributed by atoms with Gasteiger partial charge in [-0.2, -0.15) is 0 Å². The molecule has 0 aliphatic heterocycles. The van der Waals surface area contributed by atoms with E-state index < -0.39 is 22.4 Å². The second-order valence-corrected chi connectivity index (χ2v) is 2.58. The summed E-state index contributed by atoms with van der Waals surface area (Å²) < 4.78 is 0. The minimum atomic E-state index is -0.824. The predicted molar refractivity (Wildman–Crippen MR) is 48.4 cm³/mol. The molecule has 0 aromatic heterocycles. The molecule has 1 aliphatic rings. The first-order valence-corrected chi connectivity index (χ1v) is 3.85. The van der Waals surface area contributed by atoms with Crippen LogP contribution in [0.5, 0.6) is 0 Å². The quantitative estimate of drug-likeness (QED) is 0.280. The van der Waals surface area contributed by atoms with Gasteiger partial charge in [0.1, 0.15) is 5.71 Å². The van der Waals surface area contributed by atoms with Crippen LogP contribution in [0.3, 0.4) is 0 Å². The Morgan fingerprint density at radius 1 is 1.53 bits per heavy atom. The molecule has 0 bridgehead atoms. The molecule has 0 saturated heterocycles. The van der Waals surface area contributed by atoms with Gasteiger partial charge in [-0.25, -0.2) is 4.79 Å². The summed E-state index contributed by atoms with van der Waals surface area (Å²) in [6.45, 7) is 1.14. The zero-order chi connectivity index (χ0) is 11.4. The summed E-state index contributed by atoms with van der Waals surface area (Å²) in [5.41, 5.74) is -0.570. The van der Waals surface area contributed by atoms with Gasteiger partial charge in [-0.15, -0.1) is 0 Å². The number of allylic oxidation sites excluding steroid dienone is 3. The van der Waals surface area contributed by atoms with Gasteiger partial charge in [0.15, 0.2) is 0 Å². The van der Waals surface area contributed by atoms with Crippen molar-refractivity contribution in [3.8, 4) is 0 Å². The molecule has 7 heteroatoms. The lowest BCUT2D eigenvalue weighted by Crippen LogP contribution is -2.15. The first kappa shape index (κ1) is 10.8. The number of rotatable bonds is 2. The Hall–Kier alpha value is -2.31. The Kier molecular flexibility index (Phi) is 3.06. The van der Waals surface area contributed by atoms with Crippen LogP contribution in [-0.4, -0.2) is 22.4 Å². The summed E-state index contributed by atoms with van der Waals surface area (Å²) >= 11 is 0. The van der Waals surface area contributed by atoms with Gasteiger partial charge in [-0.3, -0.25) is 14.9 Å². The summed E-state index contributed by atoms with van der Waals surface area (Å²) in [5.74, 6) is -1.37. The maximum atomic E-state index is 11.0. The summed E-state index contributed by atoms with van der Waals surface area (Å²) in [4.78, 5) is 35.2. The largest absolute Gasteiger partial charge is 0.331 e. The third kappa shape index (κ3) is 2.83. The van der Waals surface area contributed by atoms with Gasteiger partial charge < -0.3 is 4.84 Å². The highest BCUT2D eigenvalue weighted by molar-refractivity contribution is 6.18. The molecule has 0 heterocycles. The number of ketones is 1. The van der Waals surface area contributed by atoms with E-state index in [-0.39, 0.29) is 5.71 Å². The lowest BCUT2D eigenvalue weighted by atomic mass is 10.1. The molecular weight excluding hydrogens is 204 g/mol. The minimum Gasteiger partial charge on any atom is -0.318 e. The molecule has 0 aromatic rings. The molecule has 0 aromatic carbocycles. The SMILES string of the molecule is CC(=O)O/N=C1\C=CC(=O)C([N+](=O)[O-])=C1. The lowest BCUT2D eigenvalue weighted by Gasteiger charge is -1.99. The Morgan fingerprint density at radius 3 is 2.73 bits per heavy atom. The van der Waals surface area contributed by atoms with E-state index in [9.17, 15) is 19.7 Å². The van der Waals surface area contributed by atoms with E-state index in [1.165, 1.54) is 6.08 Å². The van der Waals surface area contributed by atoms with E-state index in [0.717, 1.165) is 19.1 Å². The van der Waals surface area contributed by atoms with Gasteiger partial charge in [0.05, 0.1) is 4.92 Å². The van der Waals surface area contributed by atoms with Crippen molar-refractivity contribution in [1.29, 1.82) is 0 Å². The molecule has 0 spiro atoms. The summed E-state index contributed by atoms with van der Waals surface area (Å²) in [6, 6.07) is 0. The first-order chi connectivity index (χ1) is 7.00. The van der Waals surface area contributed by atoms with Gasteiger partial charge >= 0.3 is 11.7 Å². The molecule has 0 radical (unpaired) electrons. The number of carbonyl (C=O) groups excluding carboxylic acids is 2. The van der Waals surface area contributed by atoms with Crippen molar-refractivity contribution in [3.05, 3.63) is 34.0 Å². The maximum absolute atomic E-state index is 11.0. The number of oxime groups is 1. The van der Waals surface area contributed by atoms with Gasteiger partial charge in [0, 0.05) is 13.0 Å². The zero-order valence-electron chi connectivity index (χ0n) is 7.67. The average molecular weight is 210 g/mol. The normalized spacial score (nSPS) is 17.5. The highest BCUT2D eigenvalue weighted by atomic mass is 16.7. The Morgan fingerprint density at radius 2 is 2.20 bits per heavy atom. The third-order valence-electron chi connectivity index (χ3n) is 1.42. The van der Waals surface area contributed by atoms with Crippen molar-refractivity contribution >= 4 is 17.5 Å². The van der Waals surface area contributed by atoms with Gasteiger partial charge in [-0.1, -0.05) is 5.16 Å². The van der Waals surface area contributed by atoms with Crippen molar-refractivity contribution in [2.24, 2.45) is 5.16 Å². The van der Waals surface area contributed by atoms with E-state index in [0.29, 0.717) is 0 Å². The Labute approximate surface area is 83.8 Å². The van der Waals surface area contributed by atoms with Crippen LogP contribution in [0.15, 0.2) is 29.1 Å². The fourth-order valence-corrected chi connectivity index (χ4v) is 0.822. The maximum Gasteiger partial charge on any atom is 0.331 e.